The number of benzene rings is 2. The molecule has 1 amide bonds. The minimum absolute atomic E-state index is 0.184. The summed E-state index contributed by atoms with van der Waals surface area (Å²) in [5.74, 6) is -1.83. The number of halogens is 2. The van der Waals surface area contributed by atoms with Crippen LogP contribution in [0, 0.1) is 0 Å². The van der Waals surface area contributed by atoms with E-state index in [1.807, 2.05) is 49.3 Å². The molecular formula is C25H32F2N2O4. The number of hydrogen-bond acceptors (Lipinski definition) is 5. The van der Waals surface area contributed by atoms with Gasteiger partial charge in [0.25, 0.3) is 5.91 Å². The minimum Gasteiger partial charge on any atom is -0.493 e. The maximum atomic E-state index is 13.7. The van der Waals surface area contributed by atoms with Crippen molar-refractivity contribution in [3.8, 4) is 17.2 Å². The van der Waals surface area contributed by atoms with Gasteiger partial charge >= 0.3 is 0 Å². The predicted molar refractivity (Wildman–Crippen MR) is 122 cm³/mol. The van der Waals surface area contributed by atoms with Gasteiger partial charge in [-0.3, -0.25) is 4.79 Å². The van der Waals surface area contributed by atoms with E-state index in [-0.39, 0.29) is 25.3 Å². The molecule has 3 rings (SSSR count). The minimum atomic E-state index is -2.64. The zero-order valence-electron chi connectivity index (χ0n) is 19.6. The summed E-state index contributed by atoms with van der Waals surface area (Å²) >= 11 is 0. The Hall–Kier alpha value is -2.87. The highest BCUT2D eigenvalue weighted by Crippen LogP contribution is 2.41. The topological polar surface area (TPSA) is 60.0 Å². The highest BCUT2D eigenvalue weighted by molar-refractivity contribution is 5.95. The highest BCUT2D eigenvalue weighted by Gasteiger charge is 2.44. The van der Waals surface area contributed by atoms with E-state index in [2.05, 4.69) is 5.32 Å². The van der Waals surface area contributed by atoms with E-state index in [1.165, 1.54) is 14.2 Å². The Labute approximate surface area is 193 Å². The second kappa shape index (κ2) is 10.4. The van der Waals surface area contributed by atoms with Gasteiger partial charge in [0.15, 0.2) is 11.5 Å². The van der Waals surface area contributed by atoms with Crippen molar-refractivity contribution in [2.45, 2.75) is 43.8 Å². The fourth-order valence-corrected chi connectivity index (χ4v) is 4.09. The predicted octanol–water partition coefficient (Wildman–Crippen LogP) is 4.52. The van der Waals surface area contributed by atoms with Gasteiger partial charge in [0.2, 0.25) is 11.7 Å². The Morgan fingerprint density at radius 1 is 1.00 bits per heavy atom. The smallest absolute Gasteiger partial charge is 0.251 e. The summed E-state index contributed by atoms with van der Waals surface area (Å²) in [6, 6.07) is 12.9. The number of rotatable bonds is 9. The largest absolute Gasteiger partial charge is 0.493 e. The monoisotopic (exact) mass is 462 g/mol. The molecule has 0 saturated heterocycles. The van der Waals surface area contributed by atoms with Crippen LogP contribution in [0.5, 0.6) is 17.2 Å². The number of hydrogen-bond donors (Lipinski definition) is 1. The van der Waals surface area contributed by atoms with Crippen molar-refractivity contribution in [2.24, 2.45) is 0 Å². The molecule has 180 valence electrons. The van der Waals surface area contributed by atoms with Gasteiger partial charge in [0, 0.05) is 30.5 Å². The summed E-state index contributed by atoms with van der Waals surface area (Å²) < 4.78 is 44.3. The Morgan fingerprint density at radius 2 is 1.58 bits per heavy atom. The average Bonchev–Trinajstić information content (AvgIpc) is 2.82. The Morgan fingerprint density at radius 3 is 2.09 bits per heavy atom. The third-order valence-electron chi connectivity index (χ3n) is 6.39. The van der Waals surface area contributed by atoms with Crippen LogP contribution in [0.3, 0.4) is 0 Å². The van der Waals surface area contributed by atoms with Crippen LogP contribution in [-0.4, -0.2) is 57.1 Å². The van der Waals surface area contributed by atoms with Gasteiger partial charge in [0.1, 0.15) is 6.61 Å². The summed E-state index contributed by atoms with van der Waals surface area (Å²) in [6.45, 7) is 0.584. The number of ether oxygens (including phenoxy) is 3. The molecular weight excluding hydrogens is 430 g/mol. The molecule has 0 spiro atoms. The summed E-state index contributed by atoms with van der Waals surface area (Å²) in [5, 5.41) is 2.92. The van der Waals surface area contributed by atoms with Crippen LogP contribution in [0.15, 0.2) is 42.5 Å². The van der Waals surface area contributed by atoms with Crippen molar-refractivity contribution >= 4 is 5.91 Å². The summed E-state index contributed by atoms with van der Waals surface area (Å²) in [7, 11) is 6.71. The number of methoxy groups -OCH3 is 2. The second-order valence-corrected chi connectivity index (χ2v) is 8.64. The molecule has 1 aliphatic carbocycles. The molecule has 6 nitrogen and oxygen atoms in total. The fraction of sp³-hybridized carbons (Fsp3) is 0.480. The quantitative estimate of drug-likeness (QED) is 0.594. The van der Waals surface area contributed by atoms with Crippen LogP contribution < -0.4 is 19.5 Å². The first-order valence-corrected chi connectivity index (χ1v) is 11.0. The lowest BCUT2D eigenvalue weighted by Gasteiger charge is -2.45. The normalized spacial score (nSPS) is 16.8. The van der Waals surface area contributed by atoms with E-state index in [4.69, 9.17) is 14.2 Å². The maximum absolute atomic E-state index is 13.7. The molecule has 1 fully saturated rings. The summed E-state index contributed by atoms with van der Waals surface area (Å²) in [5.41, 5.74) is 0.811. The highest BCUT2D eigenvalue weighted by atomic mass is 19.3. The van der Waals surface area contributed by atoms with Crippen molar-refractivity contribution in [2.75, 3.05) is 34.9 Å². The number of carbonyl (C=O) groups excluding carboxylic acids is 1. The van der Waals surface area contributed by atoms with Crippen molar-refractivity contribution in [1.82, 2.24) is 10.2 Å². The molecule has 1 aliphatic rings. The van der Waals surface area contributed by atoms with Gasteiger partial charge in [0.05, 0.1) is 14.2 Å². The first-order chi connectivity index (χ1) is 15.7. The van der Waals surface area contributed by atoms with Crippen LogP contribution in [0.1, 0.15) is 41.6 Å². The number of alkyl halides is 2. The van der Waals surface area contributed by atoms with Crippen LogP contribution in [0.25, 0.3) is 0 Å². The average molecular weight is 463 g/mol. The number of carbonyl (C=O) groups is 1. The van der Waals surface area contributed by atoms with Gasteiger partial charge in [-0.05, 0) is 44.6 Å². The zero-order chi connectivity index (χ0) is 24.1. The molecule has 2 aromatic carbocycles. The van der Waals surface area contributed by atoms with E-state index in [0.717, 1.165) is 5.56 Å². The molecule has 0 atom stereocenters. The first-order valence-electron chi connectivity index (χ1n) is 11.0. The Bertz CT molecular complexity index is 916. The molecule has 2 aromatic rings. The number of nitrogens with zero attached hydrogens (tertiary/aromatic N) is 1. The maximum Gasteiger partial charge on any atom is 0.251 e. The molecule has 0 heterocycles. The van der Waals surface area contributed by atoms with Crippen molar-refractivity contribution in [1.29, 1.82) is 0 Å². The molecule has 0 aliphatic heterocycles. The van der Waals surface area contributed by atoms with E-state index in [9.17, 15) is 13.6 Å². The molecule has 0 unspecified atom stereocenters. The summed E-state index contributed by atoms with van der Waals surface area (Å²) in [6.07, 6.45) is 0.255. The Balaban J connectivity index is 1.74. The Kier molecular flexibility index (Phi) is 7.79. The van der Waals surface area contributed by atoms with Gasteiger partial charge < -0.3 is 24.4 Å². The number of likely N-dealkylation sites (N-methyl/N-ethyl adjacent to an activating group) is 1. The van der Waals surface area contributed by atoms with E-state index in [0.29, 0.717) is 42.3 Å². The third-order valence-corrected chi connectivity index (χ3v) is 6.39. The lowest BCUT2D eigenvalue weighted by Crippen LogP contribution is -2.56. The van der Waals surface area contributed by atoms with E-state index < -0.39 is 11.5 Å². The van der Waals surface area contributed by atoms with Crippen molar-refractivity contribution < 1.29 is 27.8 Å². The molecule has 33 heavy (non-hydrogen) atoms. The molecule has 8 heteroatoms. The molecule has 0 radical (unpaired) electrons. The van der Waals surface area contributed by atoms with Crippen LogP contribution in [0.4, 0.5) is 8.78 Å². The zero-order valence-corrected chi connectivity index (χ0v) is 19.6. The van der Waals surface area contributed by atoms with Crippen LogP contribution in [-0.2, 0) is 6.61 Å². The molecule has 0 aromatic heterocycles. The SMILES string of the molecule is COc1cc(C(=O)NCC2(N(C)C)CCC(F)(F)CC2)cc(OC)c1OCc1ccccc1. The molecule has 1 N–H and O–H groups in total. The van der Waals surface area contributed by atoms with Gasteiger partial charge in [-0.25, -0.2) is 8.78 Å². The number of amides is 1. The van der Waals surface area contributed by atoms with Gasteiger partial charge in [-0.1, -0.05) is 30.3 Å². The number of nitrogens with one attached hydrogen (secondary N) is 1. The second-order valence-electron chi connectivity index (χ2n) is 8.64. The third kappa shape index (κ3) is 5.93. The summed E-state index contributed by atoms with van der Waals surface area (Å²) in [4.78, 5) is 14.9. The van der Waals surface area contributed by atoms with Crippen molar-refractivity contribution in [3.05, 3.63) is 53.6 Å². The molecule has 1 saturated carbocycles. The van der Waals surface area contributed by atoms with Gasteiger partial charge in [-0.2, -0.15) is 0 Å². The first kappa shape index (κ1) is 24.8. The lowest BCUT2D eigenvalue weighted by atomic mass is 9.78. The van der Waals surface area contributed by atoms with Crippen LogP contribution in [0.2, 0.25) is 0 Å². The van der Waals surface area contributed by atoms with E-state index in [1.54, 1.807) is 12.1 Å². The van der Waals surface area contributed by atoms with Crippen molar-refractivity contribution in [3.63, 3.8) is 0 Å². The van der Waals surface area contributed by atoms with E-state index >= 15 is 0 Å². The molecule has 0 bridgehead atoms. The van der Waals surface area contributed by atoms with Crippen LogP contribution >= 0.6 is 0 Å². The fourth-order valence-electron chi connectivity index (χ4n) is 4.09. The standard InChI is InChI=1S/C25H32F2N2O4/c1-29(2)24(10-12-25(26,27)13-11-24)17-28-23(30)19-14-20(31-3)22(21(15-19)32-4)33-16-18-8-6-5-7-9-18/h5-9,14-15H,10-13,16-17H2,1-4H3,(H,28,30). The van der Waals surface area contributed by atoms with Gasteiger partial charge in [-0.15, -0.1) is 0 Å². The lowest BCUT2D eigenvalue weighted by molar-refractivity contribution is -0.0727.